The van der Waals surface area contributed by atoms with Crippen molar-refractivity contribution >= 4 is 27.3 Å². The van der Waals surface area contributed by atoms with Crippen LogP contribution >= 0.6 is 11.3 Å². The Morgan fingerprint density at radius 3 is 2.96 bits per heavy atom. The van der Waals surface area contributed by atoms with Crippen LogP contribution in [0.2, 0.25) is 0 Å². The highest BCUT2D eigenvalue weighted by Crippen LogP contribution is 2.36. The molecule has 1 aliphatic heterocycles. The zero-order valence-electron chi connectivity index (χ0n) is 15.5. The SMILES string of the molecule is COCCNC(=O)c1sc2ccccc2c1CC1CCCN1CC1CC1. The van der Waals surface area contributed by atoms with Gasteiger partial charge in [-0.15, -0.1) is 11.3 Å². The second kappa shape index (κ2) is 8.07. The standard InChI is InChI=1S/C21H28N2O2S/c1-25-12-10-22-21(24)20-18(17-6-2-3-7-19(17)26-20)13-16-5-4-11-23(16)14-15-8-9-15/h2-3,6-7,15-16H,4-5,8-14H2,1H3,(H,22,24). The summed E-state index contributed by atoms with van der Waals surface area (Å²) in [4.78, 5) is 16.3. The van der Waals surface area contributed by atoms with Crippen LogP contribution in [0.5, 0.6) is 0 Å². The van der Waals surface area contributed by atoms with Crippen LogP contribution in [0.3, 0.4) is 0 Å². The molecule has 4 rings (SSSR count). The highest BCUT2D eigenvalue weighted by molar-refractivity contribution is 7.21. The number of nitrogens with zero attached hydrogens (tertiary/aromatic N) is 1. The fourth-order valence-electron chi connectivity index (χ4n) is 4.07. The third-order valence-corrected chi connectivity index (χ3v) is 6.84. The number of rotatable bonds is 8. The molecule has 0 bridgehead atoms. The van der Waals surface area contributed by atoms with Gasteiger partial charge in [0.05, 0.1) is 11.5 Å². The topological polar surface area (TPSA) is 41.6 Å². The lowest BCUT2D eigenvalue weighted by molar-refractivity contribution is 0.0940. The molecule has 0 spiro atoms. The van der Waals surface area contributed by atoms with Gasteiger partial charge >= 0.3 is 0 Å². The maximum absolute atomic E-state index is 12.8. The third kappa shape index (κ3) is 3.95. The number of benzene rings is 1. The molecule has 2 fully saturated rings. The van der Waals surface area contributed by atoms with Crippen LogP contribution in [0, 0.1) is 5.92 Å². The summed E-state index contributed by atoms with van der Waals surface area (Å²) in [6.07, 6.45) is 6.33. The van der Waals surface area contributed by atoms with Gasteiger partial charge in [0.1, 0.15) is 0 Å². The summed E-state index contributed by atoms with van der Waals surface area (Å²) >= 11 is 1.63. The van der Waals surface area contributed by atoms with Gasteiger partial charge in [-0.1, -0.05) is 18.2 Å². The van der Waals surface area contributed by atoms with Gasteiger partial charge in [0.2, 0.25) is 0 Å². The van der Waals surface area contributed by atoms with Crippen LogP contribution in [0.25, 0.3) is 10.1 Å². The molecule has 1 aliphatic carbocycles. The van der Waals surface area contributed by atoms with Gasteiger partial charge in [-0.25, -0.2) is 0 Å². The van der Waals surface area contributed by atoms with Crippen LogP contribution in [0.15, 0.2) is 24.3 Å². The van der Waals surface area contributed by atoms with Crippen LogP contribution in [-0.4, -0.2) is 50.2 Å². The number of amides is 1. The van der Waals surface area contributed by atoms with Gasteiger partial charge in [0.15, 0.2) is 0 Å². The average Bonchev–Trinajstić information content (AvgIpc) is 3.24. The molecule has 1 atom stereocenters. The van der Waals surface area contributed by atoms with Gasteiger partial charge in [-0.05, 0) is 61.6 Å². The van der Waals surface area contributed by atoms with Crippen molar-refractivity contribution < 1.29 is 9.53 Å². The van der Waals surface area contributed by atoms with Crippen LogP contribution < -0.4 is 5.32 Å². The first-order valence-corrected chi connectivity index (χ1v) is 10.6. The van der Waals surface area contributed by atoms with Crippen molar-refractivity contribution in [3.8, 4) is 0 Å². The zero-order valence-corrected chi connectivity index (χ0v) is 16.3. The number of fused-ring (bicyclic) bond motifs is 1. The Balaban J connectivity index is 1.57. The molecule has 1 aromatic heterocycles. The molecule has 26 heavy (non-hydrogen) atoms. The molecule has 2 heterocycles. The van der Waals surface area contributed by atoms with E-state index in [0.29, 0.717) is 19.2 Å². The number of hydrogen-bond donors (Lipinski definition) is 1. The number of carbonyl (C=O) groups is 1. The van der Waals surface area contributed by atoms with E-state index < -0.39 is 0 Å². The molecule has 140 valence electrons. The van der Waals surface area contributed by atoms with E-state index in [0.717, 1.165) is 17.2 Å². The minimum Gasteiger partial charge on any atom is -0.383 e. The van der Waals surface area contributed by atoms with Crippen molar-refractivity contribution in [2.75, 3.05) is 33.4 Å². The van der Waals surface area contributed by atoms with Gasteiger partial charge in [-0.2, -0.15) is 0 Å². The Morgan fingerprint density at radius 2 is 2.15 bits per heavy atom. The Bertz CT molecular complexity index is 768. The molecule has 1 saturated heterocycles. The van der Waals surface area contributed by atoms with Crippen LogP contribution in [-0.2, 0) is 11.2 Å². The zero-order chi connectivity index (χ0) is 17.9. The first-order valence-electron chi connectivity index (χ1n) is 9.78. The molecular weight excluding hydrogens is 344 g/mol. The largest absolute Gasteiger partial charge is 0.383 e. The maximum Gasteiger partial charge on any atom is 0.261 e. The second-order valence-corrected chi connectivity index (χ2v) is 8.65. The van der Waals surface area contributed by atoms with Crippen molar-refractivity contribution in [2.45, 2.75) is 38.1 Å². The Morgan fingerprint density at radius 1 is 1.31 bits per heavy atom. The predicted octanol–water partition coefficient (Wildman–Crippen LogP) is 3.69. The minimum absolute atomic E-state index is 0.0463. The summed E-state index contributed by atoms with van der Waals surface area (Å²) in [6, 6.07) is 9.03. The molecule has 2 aliphatic rings. The quantitative estimate of drug-likeness (QED) is 0.719. The molecule has 0 radical (unpaired) electrons. The first kappa shape index (κ1) is 18.0. The van der Waals surface area contributed by atoms with Crippen molar-refractivity contribution in [1.82, 2.24) is 10.2 Å². The smallest absolute Gasteiger partial charge is 0.261 e. The van der Waals surface area contributed by atoms with E-state index in [2.05, 4.69) is 34.5 Å². The molecule has 4 nitrogen and oxygen atoms in total. The Labute approximate surface area is 159 Å². The molecule has 1 saturated carbocycles. The maximum atomic E-state index is 12.8. The Hall–Kier alpha value is -1.43. The van der Waals surface area contributed by atoms with E-state index in [9.17, 15) is 4.79 Å². The molecule has 1 N–H and O–H groups in total. The van der Waals surface area contributed by atoms with E-state index >= 15 is 0 Å². The monoisotopic (exact) mass is 372 g/mol. The molecule has 1 unspecified atom stereocenters. The Kier molecular flexibility index (Phi) is 5.57. The second-order valence-electron chi connectivity index (χ2n) is 7.59. The number of thiophene rings is 1. The number of nitrogens with one attached hydrogen (secondary N) is 1. The van der Waals surface area contributed by atoms with Gasteiger partial charge in [0, 0.05) is 30.9 Å². The van der Waals surface area contributed by atoms with Crippen molar-refractivity contribution in [3.05, 3.63) is 34.7 Å². The summed E-state index contributed by atoms with van der Waals surface area (Å²) in [5.41, 5.74) is 1.24. The summed E-state index contributed by atoms with van der Waals surface area (Å²) < 4.78 is 6.28. The fourth-order valence-corrected chi connectivity index (χ4v) is 5.22. The van der Waals surface area contributed by atoms with Crippen molar-refractivity contribution in [3.63, 3.8) is 0 Å². The minimum atomic E-state index is 0.0463. The fraction of sp³-hybridized carbons (Fsp3) is 0.571. The highest BCUT2D eigenvalue weighted by atomic mass is 32.1. The molecule has 1 aromatic carbocycles. The van der Waals surface area contributed by atoms with Gasteiger partial charge in [0.25, 0.3) is 5.91 Å². The number of carbonyl (C=O) groups excluding carboxylic acids is 1. The third-order valence-electron chi connectivity index (χ3n) is 5.62. The normalized spacial score (nSPS) is 20.7. The highest BCUT2D eigenvalue weighted by Gasteiger charge is 2.32. The van der Waals surface area contributed by atoms with Crippen molar-refractivity contribution in [1.29, 1.82) is 0 Å². The van der Waals surface area contributed by atoms with Crippen molar-refractivity contribution in [2.24, 2.45) is 5.92 Å². The number of ether oxygens (including phenoxy) is 1. The van der Waals surface area contributed by atoms with Crippen LogP contribution in [0.4, 0.5) is 0 Å². The van der Waals surface area contributed by atoms with Gasteiger partial charge in [-0.3, -0.25) is 9.69 Å². The molecule has 5 heteroatoms. The molecule has 2 aromatic rings. The summed E-state index contributed by atoms with van der Waals surface area (Å²) in [6.45, 7) is 3.57. The van der Waals surface area contributed by atoms with E-state index in [1.807, 2.05) is 0 Å². The van der Waals surface area contributed by atoms with E-state index in [1.165, 1.54) is 54.4 Å². The number of likely N-dealkylation sites (tertiary alicyclic amines) is 1. The predicted molar refractivity (Wildman–Crippen MR) is 107 cm³/mol. The first-order chi connectivity index (χ1) is 12.8. The van der Waals surface area contributed by atoms with E-state index in [-0.39, 0.29) is 5.91 Å². The molecular formula is C21H28N2O2S. The average molecular weight is 373 g/mol. The lowest BCUT2D eigenvalue weighted by atomic mass is 10.00. The lowest BCUT2D eigenvalue weighted by Crippen LogP contribution is -2.33. The number of methoxy groups -OCH3 is 1. The van der Waals surface area contributed by atoms with E-state index in [4.69, 9.17) is 4.74 Å². The summed E-state index contributed by atoms with van der Waals surface area (Å²) in [5, 5.41) is 4.27. The van der Waals surface area contributed by atoms with E-state index in [1.54, 1.807) is 18.4 Å². The van der Waals surface area contributed by atoms with Crippen LogP contribution in [0.1, 0.15) is 40.9 Å². The lowest BCUT2D eigenvalue weighted by Gasteiger charge is -2.24. The number of hydrogen-bond acceptors (Lipinski definition) is 4. The van der Waals surface area contributed by atoms with Gasteiger partial charge < -0.3 is 10.1 Å². The molecule has 1 amide bonds. The summed E-state index contributed by atoms with van der Waals surface area (Å²) in [5.74, 6) is 0.969. The summed E-state index contributed by atoms with van der Waals surface area (Å²) in [7, 11) is 1.66.